The van der Waals surface area contributed by atoms with Crippen LogP contribution in [0, 0.1) is 5.82 Å². The van der Waals surface area contributed by atoms with Crippen LogP contribution in [0.3, 0.4) is 0 Å². The molecule has 1 saturated carbocycles. The van der Waals surface area contributed by atoms with E-state index in [2.05, 4.69) is 5.32 Å². The van der Waals surface area contributed by atoms with Crippen LogP contribution < -0.4 is 5.32 Å². The summed E-state index contributed by atoms with van der Waals surface area (Å²) in [6, 6.07) is 6.52. The Morgan fingerprint density at radius 1 is 1.08 bits per heavy atom. The first-order valence-corrected chi connectivity index (χ1v) is 9.20. The van der Waals surface area contributed by atoms with Gasteiger partial charge in [0, 0.05) is 24.7 Å². The van der Waals surface area contributed by atoms with Gasteiger partial charge in [0.25, 0.3) is 0 Å². The first kappa shape index (κ1) is 17.7. The van der Waals surface area contributed by atoms with Crippen LogP contribution in [0.4, 0.5) is 9.18 Å². The van der Waals surface area contributed by atoms with Gasteiger partial charge < -0.3 is 15.1 Å². The summed E-state index contributed by atoms with van der Waals surface area (Å²) in [5.74, 6) is -0.396. The number of carbonyl (C=O) groups excluding carboxylic acids is 2. The van der Waals surface area contributed by atoms with Crippen LogP contribution in [0.15, 0.2) is 24.3 Å². The molecule has 1 heterocycles. The second-order valence-electron chi connectivity index (χ2n) is 6.97. The molecule has 1 N–H and O–H groups in total. The van der Waals surface area contributed by atoms with E-state index in [9.17, 15) is 14.0 Å². The fourth-order valence-electron chi connectivity index (χ4n) is 3.63. The maximum atomic E-state index is 13.8. The molecule has 3 amide bonds. The molecule has 0 spiro atoms. The summed E-state index contributed by atoms with van der Waals surface area (Å²) in [6.07, 6.45) is 6.84. The van der Waals surface area contributed by atoms with Crippen LogP contribution in [-0.4, -0.2) is 47.4 Å². The summed E-state index contributed by atoms with van der Waals surface area (Å²) >= 11 is 0. The van der Waals surface area contributed by atoms with E-state index in [-0.39, 0.29) is 36.9 Å². The van der Waals surface area contributed by atoms with E-state index in [1.807, 2.05) is 0 Å². The largest absolute Gasteiger partial charge is 0.352 e. The molecule has 3 rings (SSSR count). The van der Waals surface area contributed by atoms with Crippen LogP contribution in [0.2, 0.25) is 0 Å². The smallest absolute Gasteiger partial charge is 0.320 e. The Balaban J connectivity index is 1.49. The molecule has 2 aliphatic rings. The second-order valence-corrected chi connectivity index (χ2v) is 6.97. The van der Waals surface area contributed by atoms with Crippen molar-refractivity contribution in [1.29, 1.82) is 0 Å². The standard InChI is InChI=1S/C19H26FN3O2/c20-17-10-6-5-7-15(17)13-22-11-12-23(19(22)25)14-18(24)21-16-8-3-1-2-4-9-16/h5-7,10,16H,1-4,8-9,11-14H2,(H,21,24). The maximum absolute atomic E-state index is 13.8. The molecule has 5 nitrogen and oxygen atoms in total. The third-order valence-corrected chi connectivity index (χ3v) is 5.05. The Labute approximate surface area is 148 Å². The van der Waals surface area contributed by atoms with Crippen LogP contribution >= 0.6 is 0 Å². The van der Waals surface area contributed by atoms with Crippen molar-refractivity contribution in [3.05, 3.63) is 35.6 Å². The topological polar surface area (TPSA) is 52.7 Å². The Bertz CT molecular complexity index is 614. The molecule has 0 atom stereocenters. The van der Waals surface area contributed by atoms with Crippen molar-refractivity contribution in [2.24, 2.45) is 0 Å². The zero-order valence-electron chi connectivity index (χ0n) is 14.5. The number of amides is 3. The quantitative estimate of drug-likeness (QED) is 0.833. The Morgan fingerprint density at radius 3 is 2.48 bits per heavy atom. The van der Waals surface area contributed by atoms with Gasteiger partial charge in [-0.1, -0.05) is 43.9 Å². The van der Waals surface area contributed by atoms with E-state index >= 15 is 0 Å². The Kier molecular flexibility index (Phi) is 5.89. The third kappa shape index (κ3) is 4.71. The summed E-state index contributed by atoms with van der Waals surface area (Å²) < 4.78 is 13.8. The molecule has 1 saturated heterocycles. The molecule has 6 heteroatoms. The number of nitrogens with one attached hydrogen (secondary N) is 1. The highest BCUT2D eigenvalue weighted by atomic mass is 19.1. The molecular formula is C19H26FN3O2. The van der Waals surface area contributed by atoms with Gasteiger partial charge >= 0.3 is 6.03 Å². The number of hydrogen-bond acceptors (Lipinski definition) is 2. The second kappa shape index (κ2) is 8.32. The summed E-state index contributed by atoms with van der Waals surface area (Å²) in [4.78, 5) is 27.9. The number of rotatable bonds is 5. The van der Waals surface area contributed by atoms with Gasteiger partial charge in [0.05, 0.1) is 6.54 Å². The van der Waals surface area contributed by atoms with E-state index in [1.54, 1.807) is 28.0 Å². The molecule has 1 aliphatic carbocycles. The molecule has 25 heavy (non-hydrogen) atoms. The van der Waals surface area contributed by atoms with Crippen molar-refractivity contribution in [2.75, 3.05) is 19.6 Å². The van der Waals surface area contributed by atoms with Gasteiger partial charge in [-0.2, -0.15) is 0 Å². The first-order valence-electron chi connectivity index (χ1n) is 9.20. The number of hydrogen-bond donors (Lipinski definition) is 1. The zero-order valence-corrected chi connectivity index (χ0v) is 14.5. The highest BCUT2D eigenvalue weighted by molar-refractivity contribution is 5.85. The number of benzene rings is 1. The lowest BCUT2D eigenvalue weighted by Gasteiger charge is -2.21. The first-order chi connectivity index (χ1) is 12.1. The molecule has 136 valence electrons. The van der Waals surface area contributed by atoms with Gasteiger partial charge in [0.1, 0.15) is 12.4 Å². The van der Waals surface area contributed by atoms with Crippen LogP contribution in [0.1, 0.15) is 44.1 Å². The molecule has 1 aromatic carbocycles. The molecule has 1 aliphatic heterocycles. The predicted octanol–water partition coefficient (Wildman–Crippen LogP) is 2.90. The lowest BCUT2D eigenvalue weighted by molar-refractivity contribution is -0.122. The number of halogens is 1. The van der Waals surface area contributed by atoms with E-state index in [4.69, 9.17) is 0 Å². The van der Waals surface area contributed by atoms with Crippen LogP contribution in [0.25, 0.3) is 0 Å². The van der Waals surface area contributed by atoms with Crippen molar-refractivity contribution < 1.29 is 14.0 Å². The number of urea groups is 1. The fraction of sp³-hybridized carbons (Fsp3) is 0.579. The van der Waals surface area contributed by atoms with E-state index in [0.717, 1.165) is 25.7 Å². The summed E-state index contributed by atoms with van der Waals surface area (Å²) in [6.45, 7) is 1.35. The third-order valence-electron chi connectivity index (χ3n) is 5.05. The molecule has 0 aromatic heterocycles. The van der Waals surface area contributed by atoms with Gasteiger partial charge in [-0.05, 0) is 18.9 Å². The Morgan fingerprint density at radius 2 is 1.76 bits per heavy atom. The molecular weight excluding hydrogens is 321 g/mol. The molecule has 2 fully saturated rings. The summed E-state index contributed by atoms with van der Waals surface area (Å²) in [7, 11) is 0. The monoisotopic (exact) mass is 347 g/mol. The van der Waals surface area contributed by atoms with Gasteiger partial charge in [0.2, 0.25) is 5.91 Å². The predicted molar refractivity (Wildman–Crippen MR) is 93.4 cm³/mol. The highest BCUT2D eigenvalue weighted by Gasteiger charge is 2.30. The molecule has 0 radical (unpaired) electrons. The zero-order chi connectivity index (χ0) is 17.6. The maximum Gasteiger partial charge on any atom is 0.320 e. The minimum atomic E-state index is -0.306. The van der Waals surface area contributed by atoms with E-state index in [0.29, 0.717) is 18.7 Å². The fourth-order valence-corrected chi connectivity index (χ4v) is 3.63. The van der Waals surface area contributed by atoms with Crippen LogP contribution in [-0.2, 0) is 11.3 Å². The van der Waals surface area contributed by atoms with Crippen molar-refractivity contribution in [3.8, 4) is 0 Å². The summed E-state index contributed by atoms with van der Waals surface area (Å²) in [5, 5.41) is 3.07. The van der Waals surface area contributed by atoms with Gasteiger partial charge in [0.15, 0.2) is 0 Å². The normalized spacial score (nSPS) is 19.2. The lowest BCUT2D eigenvalue weighted by atomic mass is 10.1. The molecule has 1 aromatic rings. The molecule has 0 unspecified atom stereocenters. The number of carbonyl (C=O) groups is 2. The van der Waals surface area contributed by atoms with Gasteiger partial charge in [-0.15, -0.1) is 0 Å². The lowest BCUT2D eigenvalue weighted by Crippen LogP contribution is -2.43. The van der Waals surface area contributed by atoms with Crippen molar-refractivity contribution in [3.63, 3.8) is 0 Å². The average Bonchev–Trinajstić information content (AvgIpc) is 2.79. The highest BCUT2D eigenvalue weighted by Crippen LogP contribution is 2.18. The van der Waals surface area contributed by atoms with Crippen molar-refractivity contribution in [1.82, 2.24) is 15.1 Å². The SMILES string of the molecule is O=C(CN1CCN(Cc2ccccc2F)C1=O)NC1CCCCCC1. The summed E-state index contributed by atoms with van der Waals surface area (Å²) in [5.41, 5.74) is 0.501. The van der Waals surface area contributed by atoms with Gasteiger partial charge in [-0.25, -0.2) is 9.18 Å². The average molecular weight is 347 g/mol. The van der Waals surface area contributed by atoms with E-state index < -0.39 is 0 Å². The van der Waals surface area contributed by atoms with Crippen molar-refractivity contribution >= 4 is 11.9 Å². The van der Waals surface area contributed by atoms with Crippen molar-refractivity contribution in [2.45, 2.75) is 51.1 Å². The molecule has 0 bridgehead atoms. The minimum absolute atomic E-state index is 0.0864. The van der Waals surface area contributed by atoms with E-state index in [1.165, 1.54) is 18.9 Å². The minimum Gasteiger partial charge on any atom is -0.352 e. The van der Waals surface area contributed by atoms with Crippen LogP contribution in [0.5, 0.6) is 0 Å². The number of nitrogens with zero attached hydrogens (tertiary/aromatic N) is 2. The van der Waals surface area contributed by atoms with Gasteiger partial charge in [-0.3, -0.25) is 4.79 Å². The Hall–Kier alpha value is -2.11.